The quantitative estimate of drug-likeness (QED) is 0.238. The van der Waals surface area contributed by atoms with Gasteiger partial charge in [0.05, 0.1) is 10.5 Å². The average molecular weight is 479 g/mol. The highest BCUT2D eigenvalue weighted by Crippen LogP contribution is 2.60. The molecule has 1 saturated heterocycles. The van der Waals surface area contributed by atoms with Crippen molar-refractivity contribution >= 4 is 21.7 Å². The first-order valence-electron chi connectivity index (χ1n) is 11.5. The van der Waals surface area contributed by atoms with Crippen molar-refractivity contribution < 1.29 is 14.5 Å². The van der Waals surface area contributed by atoms with Crippen LogP contribution in [0.2, 0.25) is 0 Å². The number of nitrogens with zero attached hydrogens (tertiary/aromatic N) is 1. The topological polar surface area (TPSA) is 81.5 Å². The molecule has 178 valence electrons. The summed E-state index contributed by atoms with van der Waals surface area (Å²) in [5.74, 6) is 0.263. The Balaban J connectivity index is 1.62. The van der Waals surface area contributed by atoms with Gasteiger partial charge in [-0.1, -0.05) is 36.4 Å². The fourth-order valence-corrected chi connectivity index (χ4v) is 7.63. The number of esters is 1. The highest BCUT2D eigenvalue weighted by Gasteiger charge is 2.32. The molecule has 7 heteroatoms. The molecule has 1 aliphatic heterocycles. The lowest BCUT2D eigenvalue weighted by atomic mass is 10.1. The maximum Gasteiger partial charge on any atom is 0.338 e. The van der Waals surface area contributed by atoms with Crippen LogP contribution in [0, 0.1) is 10.1 Å². The number of benzene rings is 3. The van der Waals surface area contributed by atoms with E-state index < -0.39 is 20.9 Å². The number of nitro benzene ring substituents is 1. The summed E-state index contributed by atoms with van der Waals surface area (Å²) in [6, 6.07) is 26.8. The van der Waals surface area contributed by atoms with Crippen LogP contribution in [0.4, 0.5) is 5.69 Å². The SMILES string of the molecule is CS(C[C@H](C[C@@H]1CCCN1)OC(=O)c1ccc([N+](=O)[O-])cc1)(c1ccccc1)c1ccccc1. The van der Waals surface area contributed by atoms with E-state index in [-0.39, 0.29) is 11.8 Å². The first-order chi connectivity index (χ1) is 16.5. The van der Waals surface area contributed by atoms with Gasteiger partial charge in [0.1, 0.15) is 6.10 Å². The average Bonchev–Trinajstić information content (AvgIpc) is 3.38. The number of non-ortho nitro benzene ring substituents is 1. The molecule has 6 nitrogen and oxygen atoms in total. The molecule has 3 aromatic rings. The van der Waals surface area contributed by atoms with Crippen LogP contribution in [0.1, 0.15) is 29.6 Å². The molecule has 0 unspecified atom stereocenters. The molecular weight excluding hydrogens is 448 g/mol. The monoisotopic (exact) mass is 478 g/mol. The fourth-order valence-electron chi connectivity index (χ4n) is 4.51. The standard InChI is InChI=1S/C27H30N2O4S/c1-34(25-10-4-2-5-11-25,26-12-6-3-7-13-26)20-24(19-22-9-8-18-28-22)33-27(30)21-14-16-23(17-15-21)29(31)32/h2-7,10-17,22,24,28H,8-9,18-20H2,1H3/t22-,24-/m0/s1. The summed E-state index contributed by atoms with van der Waals surface area (Å²) in [5.41, 5.74) is 0.277. The summed E-state index contributed by atoms with van der Waals surface area (Å²) >= 11 is 0. The number of hydrogen-bond acceptors (Lipinski definition) is 5. The Morgan fingerprint density at radius 2 is 1.62 bits per heavy atom. The number of rotatable bonds is 9. The summed E-state index contributed by atoms with van der Waals surface area (Å²) < 4.78 is 6.11. The minimum atomic E-state index is -1.48. The van der Waals surface area contributed by atoms with E-state index in [1.54, 1.807) is 0 Å². The summed E-state index contributed by atoms with van der Waals surface area (Å²) in [6.45, 7) is 0.981. The second-order valence-electron chi connectivity index (χ2n) is 8.74. The van der Waals surface area contributed by atoms with Crippen molar-refractivity contribution in [3.05, 3.63) is 101 Å². The van der Waals surface area contributed by atoms with E-state index in [9.17, 15) is 14.9 Å². The molecule has 0 aromatic heterocycles. The molecule has 0 aliphatic carbocycles. The van der Waals surface area contributed by atoms with Gasteiger partial charge in [-0.2, -0.15) is 10.0 Å². The van der Waals surface area contributed by atoms with Gasteiger partial charge < -0.3 is 10.1 Å². The first-order valence-corrected chi connectivity index (χ1v) is 13.7. The lowest BCUT2D eigenvalue weighted by Crippen LogP contribution is -2.33. The van der Waals surface area contributed by atoms with Crippen LogP contribution in [-0.2, 0) is 4.74 Å². The second-order valence-corrected chi connectivity index (χ2v) is 12.2. The smallest absolute Gasteiger partial charge is 0.338 e. The molecule has 0 radical (unpaired) electrons. The molecular formula is C27H30N2O4S. The van der Waals surface area contributed by atoms with E-state index in [4.69, 9.17) is 4.74 Å². The van der Waals surface area contributed by atoms with Crippen LogP contribution in [0.15, 0.2) is 94.7 Å². The van der Waals surface area contributed by atoms with Crippen molar-refractivity contribution in [1.29, 1.82) is 0 Å². The van der Waals surface area contributed by atoms with Gasteiger partial charge in [0.2, 0.25) is 0 Å². The lowest BCUT2D eigenvalue weighted by Gasteiger charge is -2.40. The van der Waals surface area contributed by atoms with Gasteiger partial charge in [-0.05, 0) is 71.8 Å². The zero-order chi connectivity index (χ0) is 24.0. The molecule has 1 fully saturated rings. The number of carbonyl (C=O) groups is 1. The van der Waals surface area contributed by atoms with Crippen molar-refractivity contribution in [1.82, 2.24) is 5.32 Å². The highest BCUT2D eigenvalue weighted by molar-refractivity contribution is 8.33. The third kappa shape index (κ3) is 5.66. The molecule has 2 atom stereocenters. The van der Waals surface area contributed by atoms with Crippen LogP contribution >= 0.6 is 10.0 Å². The number of nitro groups is 1. The van der Waals surface area contributed by atoms with Crippen molar-refractivity contribution in [3.63, 3.8) is 0 Å². The van der Waals surface area contributed by atoms with Crippen molar-refractivity contribution in [2.75, 3.05) is 18.6 Å². The van der Waals surface area contributed by atoms with E-state index in [0.717, 1.165) is 25.8 Å². The molecule has 1 heterocycles. The molecule has 3 aromatic carbocycles. The zero-order valence-electron chi connectivity index (χ0n) is 19.3. The summed E-state index contributed by atoms with van der Waals surface area (Å²) in [4.78, 5) is 26.1. The molecule has 0 spiro atoms. The highest BCUT2D eigenvalue weighted by atomic mass is 32.3. The third-order valence-corrected chi connectivity index (χ3v) is 10.0. The molecule has 0 saturated carbocycles. The summed E-state index contributed by atoms with van der Waals surface area (Å²) in [6.07, 6.45) is 4.91. The Bertz CT molecular complexity index is 1060. The van der Waals surface area contributed by atoms with Gasteiger partial charge in [-0.25, -0.2) is 4.79 Å². The van der Waals surface area contributed by atoms with Crippen molar-refractivity contribution in [2.24, 2.45) is 0 Å². The Kier molecular flexibility index (Phi) is 7.65. The minimum absolute atomic E-state index is 0.0477. The van der Waals surface area contributed by atoms with E-state index >= 15 is 0 Å². The van der Waals surface area contributed by atoms with E-state index in [0.29, 0.717) is 17.4 Å². The number of carbonyl (C=O) groups excluding carboxylic acids is 1. The van der Waals surface area contributed by atoms with Gasteiger partial charge in [-0.3, -0.25) is 10.1 Å². The van der Waals surface area contributed by atoms with Gasteiger partial charge in [0.15, 0.2) is 0 Å². The number of nitrogens with one attached hydrogen (secondary N) is 1. The van der Waals surface area contributed by atoms with E-state index in [1.807, 2.05) is 12.1 Å². The molecule has 0 bridgehead atoms. The predicted octanol–water partition coefficient (Wildman–Crippen LogP) is 5.81. The van der Waals surface area contributed by atoms with Crippen LogP contribution in [0.5, 0.6) is 0 Å². The molecule has 0 amide bonds. The Labute approximate surface area is 201 Å². The molecule has 1 aliphatic rings. The number of ether oxygens (including phenoxy) is 1. The van der Waals surface area contributed by atoms with Gasteiger partial charge >= 0.3 is 5.97 Å². The second kappa shape index (κ2) is 10.8. The van der Waals surface area contributed by atoms with E-state index in [2.05, 4.69) is 60.1 Å². The summed E-state index contributed by atoms with van der Waals surface area (Å²) in [7, 11) is -1.48. The molecule has 4 rings (SSSR count). The van der Waals surface area contributed by atoms with Crippen LogP contribution in [0.3, 0.4) is 0 Å². The van der Waals surface area contributed by atoms with Crippen molar-refractivity contribution in [3.8, 4) is 0 Å². The minimum Gasteiger partial charge on any atom is -0.458 e. The van der Waals surface area contributed by atoms with Crippen LogP contribution in [-0.4, -0.2) is 41.6 Å². The number of hydrogen-bond donors (Lipinski definition) is 1. The molecule has 1 N–H and O–H groups in total. The van der Waals surface area contributed by atoms with Crippen molar-refractivity contribution in [2.45, 2.75) is 41.2 Å². The third-order valence-electron chi connectivity index (χ3n) is 6.34. The Hall–Kier alpha value is -3.16. The van der Waals surface area contributed by atoms with Crippen LogP contribution < -0.4 is 5.32 Å². The Morgan fingerprint density at radius 3 is 2.12 bits per heavy atom. The lowest BCUT2D eigenvalue weighted by molar-refractivity contribution is -0.384. The van der Waals surface area contributed by atoms with Crippen LogP contribution in [0.25, 0.3) is 0 Å². The van der Waals surface area contributed by atoms with Gasteiger partial charge in [0.25, 0.3) is 5.69 Å². The van der Waals surface area contributed by atoms with E-state index in [1.165, 1.54) is 34.1 Å². The zero-order valence-corrected chi connectivity index (χ0v) is 20.1. The normalized spacial score (nSPS) is 17.1. The Morgan fingerprint density at radius 1 is 1.03 bits per heavy atom. The largest absolute Gasteiger partial charge is 0.458 e. The maximum absolute atomic E-state index is 13.1. The van der Waals surface area contributed by atoms with Gasteiger partial charge in [-0.15, -0.1) is 0 Å². The molecule has 34 heavy (non-hydrogen) atoms. The maximum atomic E-state index is 13.1. The summed E-state index contributed by atoms with van der Waals surface area (Å²) in [5, 5.41) is 14.5. The fraction of sp³-hybridized carbons (Fsp3) is 0.296. The first kappa shape index (κ1) is 24.0. The predicted molar refractivity (Wildman–Crippen MR) is 136 cm³/mol. The van der Waals surface area contributed by atoms with Gasteiger partial charge in [0, 0.05) is 30.3 Å².